The Kier molecular flexibility index (Phi) is 6.32. The number of pyridine rings is 1. The van der Waals surface area contributed by atoms with Crippen LogP contribution >= 0.6 is 0 Å². The fourth-order valence-electron chi connectivity index (χ4n) is 1.70. The minimum absolute atomic E-state index is 0.422. The van der Waals surface area contributed by atoms with Crippen LogP contribution in [-0.2, 0) is 16.1 Å². The maximum Gasteiger partial charge on any atom is 0.332 e. The summed E-state index contributed by atoms with van der Waals surface area (Å²) in [6, 6.07) is 3.90. The van der Waals surface area contributed by atoms with Gasteiger partial charge in [0.25, 0.3) is 0 Å². The summed E-state index contributed by atoms with van der Waals surface area (Å²) in [7, 11) is 1.96. The Balaban J connectivity index is 2.36. The number of hydrogen-bond acceptors (Lipinski definition) is 4. The molecule has 1 aromatic rings. The van der Waals surface area contributed by atoms with Crippen LogP contribution in [0.3, 0.4) is 0 Å². The van der Waals surface area contributed by atoms with Crippen LogP contribution in [0.1, 0.15) is 18.9 Å². The molecule has 1 unspecified atom stereocenters. The minimum Gasteiger partial charge on any atom is -0.479 e. The van der Waals surface area contributed by atoms with E-state index < -0.39 is 12.1 Å². The lowest BCUT2D eigenvalue weighted by Gasteiger charge is -2.19. The molecule has 1 aromatic heterocycles. The van der Waals surface area contributed by atoms with E-state index in [2.05, 4.69) is 9.88 Å². The first-order valence-corrected chi connectivity index (χ1v) is 6.05. The van der Waals surface area contributed by atoms with Crippen LogP contribution in [0.15, 0.2) is 24.5 Å². The monoisotopic (exact) mass is 252 g/mol. The van der Waals surface area contributed by atoms with Crippen LogP contribution in [-0.4, -0.2) is 47.3 Å². The van der Waals surface area contributed by atoms with Crippen molar-refractivity contribution in [1.29, 1.82) is 0 Å². The highest BCUT2D eigenvalue weighted by molar-refractivity contribution is 5.72. The number of carboxylic acids is 1. The van der Waals surface area contributed by atoms with Crippen LogP contribution in [0.25, 0.3) is 0 Å². The molecule has 0 aromatic carbocycles. The van der Waals surface area contributed by atoms with Gasteiger partial charge in [-0.2, -0.15) is 0 Å². The molecule has 1 heterocycles. The van der Waals surface area contributed by atoms with Crippen molar-refractivity contribution in [3.8, 4) is 0 Å². The lowest BCUT2D eigenvalue weighted by Crippen LogP contribution is -2.29. The third-order valence-corrected chi connectivity index (χ3v) is 2.62. The maximum absolute atomic E-state index is 10.9. The maximum atomic E-state index is 10.9. The third-order valence-electron chi connectivity index (χ3n) is 2.62. The zero-order valence-corrected chi connectivity index (χ0v) is 10.9. The molecule has 0 aliphatic heterocycles. The molecule has 0 amide bonds. The van der Waals surface area contributed by atoms with Crippen molar-refractivity contribution in [2.75, 3.05) is 20.2 Å². The highest BCUT2D eigenvalue weighted by atomic mass is 16.5. The Labute approximate surface area is 107 Å². The molecule has 100 valence electrons. The highest BCUT2D eigenvalue weighted by Crippen LogP contribution is 2.05. The first kappa shape index (κ1) is 14.6. The highest BCUT2D eigenvalue weighted by Gasteiger charge is 2.17. The second kappa shape index (κ2) is 7.79. The van der Waals surface area contributed by atoms with Crippen molar-refractivity contribution in [3.05, 3.63) is 30.1 Å². The van der Waals surface area contributed by atoms with E-state index in [9.17, 15) is 4.79 Å². The lowest BCUT2D eigenvalue weighted by molar-refractivity contribution is -0.150. The molecule has 5 heteroatoms. The van der Waals surface area contributed by atoms with Crippen LogP contribution in [0.2, 0.25) is 0 Å². The fourth-order valence-corrected chi connectivity index (χ4v) is 1.70. The second-order valence-electron chi connectivity index (χ2n) is 4.16. The molecule has 0 saturated heterocycles. The third kappa shape index (κ3) is 5.25. The van der Waals surface area contributed by atoms with Crippen molar-refractivity contribution in [2.24, 2.45) is 0 Å². The van der Waals surface area contributed by atoms with Gasteiger partial charge in [-0.15, -0.1) is 0 Å². The van der Waals surface area contributed by atoms with E-state index in [0.29, 0.717) is 19.6 Å². The van der Waals surface area contributed by atoms with Crippen molar-refractivity contribution in [1.82, 2.24) is 9.88 Å². The molecule has 0 spiro atoms. The summed E-state index contributed by atoms with van der Waals surface area (Å²) in [5.74, 6) is -0.894. The van der Waals surface area contributed by atoms with E-state index in [4.69, 9.17) is 9.84 Å². The summed E-state index contributed by atoms with van der Waals surface area (Å²) in [6.07, 6.45) is 3.28. The van der Waals surface area contributed by atoms with Crippen LogP contribution in [0.5, 0.6) is 0 Å². The number of aromatic nitrogens is 1. The molecule has 1 atom stereocenters. The van der Waals surface area contributed by atoms with Gasteiger partial charge in [-0.25, -0.2) is 4.79 Å². The van der Waals surface area contributed by atoms with Gasteiger partial charge in [-0.3, -0.25) is 4.98 Å². The normalized spacial score (nSPS) is 12.6. The van der Waals surface area contributed by atoms with Crippen molar-refractivity contribution >= 4 is 5.97 Å². The first-order chi connectivity index (χ1) is 8.63. The number of ether oxygens (including phenoxy) is 1. The summed E-state index contributed by atoms with van der Waals surface area (Å²) < 4.78 is 5.17. The van der Waals surface area contributed by atoms with Crippen LogP contribution in [0, 0.1) is 0 Å². The molecule has 1 rings (SSSR count). The van der Waals surface area contributed by atoms with E-state index in [1.807, 2.05) is 19.2 Å². The van der Waals surface area contributed by atoms with Gasteiger partial charge in [-0.05, 0) is 38.1 Å². The van der Waals surface area contributed by atoms with Crippen molar-refractivity contribution in [3.63, 3.8) is 0 Å². The molecular weight excluding hydrogens is 232 g/mol. The number of carbonyl (C=O) groups is 1. The van der Waals surface area contributed by atoms with Gasteiger partial charge in [0.15, 0.2) is 6.10 Å². The van der Waals surface area contributed by atoms with Gasteiger partial charge in [-0.1, -0.05) is 0 Å². The number of nitrogens with zero attached hydrogens (tertiary/aromatic N) is 2. The molecule has 0 saturated carbocycles. The number of aliphatic carboxylic acids is 1. The molecule has 0 fully saturated rings. The largest absolute Gasteiger partial charge is 0.479 e. The SMILES string of the molecule is CCOC(CCN(C)Cc1ccncc1)C(=O)O. The van der Waals surface area contributed by atoms with Crippen molar-refractivity contribution in [2.45, 2.75) is 26.0 Å². The molecular formula is C13H20N2O3. The van der Waals surface area contributed by atoms with Gasteiger partial charge in [0, 0.05) is 32.1 Å². The van der Waals surface area contributed by atoms with E-state index in [-0.39, 0.29) is 0 Å². The summed E-state index contributed by atoms with van der Waals surface area (Å²) in [4.78, 5) is 16.9. The molecule has 0 bridgehead atoms. The Hall–Kier alpha value is -1.46. The predicted molar refractivity (Wildman–Crippen MR) is 68.2 cm³/mol. The van der Waals surface area contributed by atoms with Gasteiger partial charge in [0.05, 0.1) is 0 Å². The lowest BCUT2D eigenvalue weighted by atomic mass is 10.2. The summed E-state index contributed by atoms with van der Waals surface area (Å²) in [5, 5.41) is 8.96. The van der Waals surface area contributed by atoms with E-state index >= 15 is 0 Å². The topological polar surface area (TPSA) is 62.7 Å². The Morgan fingerprint density at radius 2 is 2.17 bits per heavy atom. The Morgan fingerprint density at radius 1 is 1.50 bits per heavy atom. The Bertz CT molecular complexity index is 357. The van der Waals surface area contributed by atoms with Crippen LogP contribution < -0.4 is 0 Å². The van der Waals surface area contributed by atoms with E-state index in [0.717, 1.165) is 12.1 Å². The molecule has 18 heavy (non-hydrogen) atoms. The summed E-state index contributed by atoms with van der Waals surface area (Å²) in [5.41, 5.74) is 1.16. The number of hydrogen-bond donors (Lipinski definition) is 1. The molecule has 0 radical (unpaired) electrons. The molecule has 0 aliphatic carbocycles. The summed E-state index contributed by atoms with van der Waals surface area (Å²) in [6.45, 7) is 3.68. The minimum atomic E-state index is -0.894. The average Bonchev–Trinajstić information content (AvgIpc) is 2.35. The standard InChI is InChI=1S/C13H20N2O3/c1-3-18-12(13(16)17)6-9-15(2)10-11-4-7-14-8-5-11/h4-5,7-8,12H,3,6,9-10H2,1-2H3,(H,16,17). The van der Waals surface area contributed by atoms with Gasteiger partial charge in [0.2, 0.25) is 0 Å². The van der Waals surface area contributed by atoms with E-state index in [1.54, 1.807) is 19.3 Å². The zero-order valence-electron chi connectivity index (χ0n) is 10.9. The summed E-state index contributed by atoms with van der Waals surface area (Å²) >= 11 is 0. The number of rotatable bonds is 8. The molecule has 5 nitrogen and oxygen atoms in total. The fraction of sp³-hybridized carbons (Fsp3) is 0.538. The molecule has 1 N–H and O–H groups in total. The quantitative estimate of drug-likeness (QED) is 0.757. The predicted octanol–water partition coefficient (Wildman–Crippen LogP) is 1.39. The molecule has 0 aliphatic rings. The van der Waals surface area contributed by atoms with Crippen molar-refractivity contribution < 1.29 is 14.6 Å². The van der Waals surface area contributed by atoms with Crippen LogP contribution in [0.4, 0.5) is 0 Å². The average molecular weight is 252 g/mol. The second-order valence-corrected chi connectivity index (χ2v) is 4.16. The number of carboxylic acid groups (broad SMARTS) is 1. The van der Waals surface area contributed by atoms with Gasteiger partial charge >= 0.3 is 5.97 Å². The first-order valence-electron chi connectivity index (χ1n) is 6.05. The smallest absolute Gasteiger partial charge is 0.332 e. The van der Waals surface area contributed by atoms with Gasteiger partial charge < -0.3 is 14.7 Å². The van der Waals surface area contributed by atoms with E-state index in [1.165, 1.54) is 0 Å². The zero-order chi connectivity index (χ0) is 13.4. The van der Waals surface area contributed by atoms with Gasteiger partial charge in [0.1, 0.15) is 0 Å². The Morgan fingerprint density at radius 3 is 2.72 bits per heavy atom.